The van der Waals surface area contributed by atoms with Crippen LogP contribution in [-0.4, -0.2) is 36.3 Å². The molecule has 4 heteroatoms. The highest BCUT2D eigenvalue weighted by atomic mass is 32.1. The summed E-state index contributed by atoms with van der Waals surface area (Å²) in [7, 11) is 3.76. The van der Waals surface area contributed by atoms with Crippen LogP contribution in [0.2, 0.25) is 0 Å². The van der Waals surface area contributed by atoms with Gasteiger partial charge < -0.3 is 4.90 Å². The number of aryl methyl sites for hydroxylation is 2. The fourth-order valence-electron chi connectivity index (χ4n) is 0.947. The van der Waals surface area contributed by atoms with E-state index in [9.17, 15) is 4.79 Å². The first-order valence-electron chi connectivity index (χ1n) is 4.12. The van der Waals surface area contributed by atoms with Gasteiger partial charge >= 0.3 is 0 Å². The summed E-state index contributed by atoms with van der Waals surface area (Å²) in [6, 6.07) is 0. The van der Waals surface area contributed by atoms with Gasteiger partial charge in [-0.1, -0.05) is 0 Å². The highest BCUT2D eigenvalue weighted by Crippen LogP contribution is 2.16. The van der Waals surface area contributed by atoms with Crippen LogP contribution in [0, 0.1) is 13.8 Å². The molecule has 72 valence electrons. The number of carbonyl (C=O) groups excluding carboxylic acids is 1. The molecule has 0 bridgehead atoms. The molecule has 0 unspecified atom stereocenters. The van der Waals surface area contributed by atoms with Gasteiger partial charge in [0.2, 0.25) is 5.78 Å². The van der Waals surface area contributed by atoms with Gasteiger partial charge in [0.05, 0.1) is 12.2 Å². The van der Waals surface area contributed by atoms with E-state index in [1.807, 2.05) is 32.8 Å². The molecule has 0 saturated carbocycles. The Morgan fingerprint density at radius 3 is 2.46 bits per heavy atom. The lowest BCUT2D eigenvalue weighted by molar-refractivity contribution is 0.0957. The topological polar surface area (TPSA) is 33.2 Å². The molecular weight excluding hydrogens is 184 g/mol. The van der Waals surface area contributed by atoms with Crippen LogP contribution in [-0.2, 0) is 0 Å². The third-order valence-corrected chi connectivity index (χ3v) is 2.84. The van der Waals surface area contributed by atoms with Gasteiger partial charge in [0.1, 0.15) is 0 Å². The maximum atomic E-state index is 11.5. The molecule has 0 aliphatic carbocycles. The first-order chi connectivity index (χ1) is 6.00. The first-order valence-corrected chi connectivity index (χ1v) is 4.94. The maximum Gasteiger partial charge on any atom is 0.205 e. The molecule has 0 fully saturated rings. The van der Waals surface area contributed by atoms with Crippen LogP contribution >= 0.6 is 11.3 Å². The summed E-state index contributed by atoms with van der Waals surface area (Å²) in [6.07, 6.45) is 0. The van der Waals surface area contributed by atoms with Crippen molar-refractivity contribution in [3.63, 3.8) is 0 Å². The number of hydrogen-bond acceptors (Lipinski definition) is 4. The molecule has 0 amide bonds. The number of aromatic nitrogens is 1. The van der Waals surface area contributed by atoms with E-state index in [0.717, 1.165) is 10.6 Å². The average Bonchev–Trinajstić information content (AvgIpc) is 2.31. The minimum atomic E-state index is 0.103. The molecule has 1 heterocycles. The number of likely N-dealkylation sites (N-methyl/N-ethyl adjacent to an activating group) is 1. The van der Waals surface area contributed by atoms with E-state index in [1.54, 1.807) is 0 Å². The van der Waals surface area contributed by atoms with Gasteiger partial charge in [0, 0.05) is 4.88 Å². The van der Waals surface area contributed by atoms with E-state index in [2.05, 4.69) is 4.98 Å². The van der Waals surface area contributed by atoms with Crippen LogP contribution in [0.5, 0.6) is 0 Å². The lowest BCUT2D eigenvalue weighted by Gasteiger charge is -2.05. The van der Waals surface area contributed by atoms with E-state index in [-0.39, 0.29) is 5.78 Å². The fraction of sp³-hybridized carbons (Fsp3) is 0.556. The number of thiazole rings is 1. The van der Waals surface area contributed by atoms with Gasteiger partial charge in [-0.25, -0.2) is 4.98 Å². The van der Waals surface area contributed by atoms with E-state index < -0.39 is 0 Å². The Labute approximate surface area is 82.4 Å². The normalized spacial score (nSPS) is 10.8. The van der Waals surface area contributed by atoms with Crippen LogP contribution in [0.4, 0.5) is 0 Å². The van der Waals surface area contributed by atoms with Crippen molar-refractivity contribution >= 4 is 17.1 Å². The van der Waals surface area contributed by atoms with Crippen molar-refractivity contribution in [3.8, 4) is 0 Å². The van der Waals surface area contributed by atoms with Crippen molar-refractivity contribution < 1.29 is 4.79 Å². The van der Waals surface area contributed by atoms with Crippen molar-refractivity contribution in [2.24, 2.45) is 0 Å². The molecule has 0 N–H and O–H groups in total. The SMILES string of the molecule is Cc1nc(C(=O)CN(C)C)sc1C. The van der Waals surface area contributed by atoms with E-state index in [0.29, 0.717) is 11.6 Å². The molecule has 0 aliphatic heterocycles. The second kappa shape index (κ2) is 3.98. The molecule has 1 aromatic rings. The quantitative estimate of drug-likeness (QED) is 0.690. The van der Waals surface area contributed by atoms with Crippen LogP contribution in [0.3, 0.4) is 0 Å². The number of nitrogens with zero attached hydrogens (tertiary/aromatic N) is 2. The highest BCUT2D eigenvalue weighted by molar-refractivity contribution is 7.13. The van der Waals surface area contributed by atoms with Gasteiger partial charge in [-0.2, -0.15) is 0 Å². The first kappa shape index (κ1) is 10.3. The predicted molar refractivity (Wildman–Crippen MR) is 54.5 cm³/mol. The predicted octanol–water partition coefficient (Wildman–Crippen LogP) is 1.50. The summed E-state index contributed by atoms with van der Waals surface area (Å²) in [4.78, 5) is 18.7. The fourth-order valence-corrected chi connectivity index (χ4v) is 1.79. The maximum absolute atomic E-state index is 11.5. The van der Waals surface area contributed by atoms with Gasteiger partial charge in [-0.05, 0) is 27.9 Å². The van der Waals surface area contributed by atoms with Crippen molar-refractivity contribution in [1.82, 2.24) is 9.88 Å². The molecule has 0 saturated heterocycles. The Morgan fingerprint density at radius 2 is 2.08 bits per heavy atom. The summed E-state index contributed by atoms with van der Waals surface area (Å²) in [5.41, 5.74) is 0.965. The molecule has 0 radical (unpaired) electrons. The summed E-state index contributed by atoms with van der Waals surface area (Å²) in [5.74, 6) is 0.103. The van der Waals surface area contributed by atoms with Gasteiger partial charge in [0.15, 0.2) is 5.01 Å². The van der Waals surface area contributed by atoms with Crippen molar-refractivity contribution in [1.29, 1.82) is 0 Å². The van der Waals surface area contributed by atoms with Gasteiger partial charge in [-0.3, -0.25) is 4.79 Å². The van der Waals surface area contributed by atoms with E-state index >= 15 is 0 Å². The highest BCUT2D eigenvalue weighted by Gasteiger charge is 2.12. The molecule has 0 spiro atoms. The molecule has 3 nitrogen and oxygen atoms in total. The Kier molecular flexibility index (Phi) is 3.17. The van der Waals surface area contributed by atoms with Crippen LogP contribution in [0.15, 0.2) is 0 Å². The lowest BCUT2D eigenvalue weighted by atomic mass is 10.4. The Hall–Kier alpha value is -0.740. The van der Waals surface area contributed by atoms with Crippen LogP contribution in [0.25, 0.3) is 0 Å². The minimum absolute atomic E-state index is 0.103. The standard InChI is InChI=1S/C9H14N2OS/c1-6-7(2)13-9(10-6)8(12)5-11(3)4/h5H2,1-4H3. The molecule has 0 aliphatic rings. The summed E-state index contributed by atoms with van der Waals surface area (Å²) in [6.45, 7) is 4.35. The lowest BCUT2D eigenvalue weighted by Crippen LogP contribution is -2.21. The molecule has 1 aromatic heterocycles. The zero-order valence-electron chi connectivity index (χ0n) is 8.42. The van der Waals surface area contributed by atoms with Crippen molar-refractivity contribution in [2.75, 3.05) is 20.6 Å². The van der Waals surface area contributed by atoms with Gasteiger partial charge in [-0.15, -0.1) is 11.3 Å². The van der Waals surface area contributed by atoms with Crippen LogP contribution in [0.1, 0.15) is 20.4 Å². The average molecular weight is 198 g/mol. The van der Waals surface area contributed by atoms with Crippen molar-refractivity contribution in [3.05, 3.63) is 15.6 Å². The summed E-state index contributed by atoms with van der Waals surface area (Å²) in [5, 5.41) is 0.628. The molecule has 1 rings (SSSR count). The van der Waals surface area contributed by atoms with E-state index in [1.165, 1.54) is 11.3 Å². The Bertz CT molecular complexity index is 298. The summed E-state index contributed by atoms with van der Waals surface area (Å²) < 4.78 is 0. The minimum Gasteiger partial charge on any atom is -0.302 e. The number of hydrogen-bond donors (Lipinski definition) is 0. The third kappa shape index (κ3) is 2.60. The Balaban J connectivity index is 2.77. The third-order valence-electron chi connectivity index (χ3n) is 1.73. The number of Topliss-reactive ketones (excluding diaryl/α,β-unsaturated/α-hetero) is 1. The number of rotatable bonds is 3. The zero-order chi connectivity index (χ0) is 10.0. The Morgan fingerprint density at radius 1 is 1.46 bits per heavy atom. The largest absolute Gasteiger partial charge is 0.302 e. The van der Waals surface area contributed by atoms with E-state index in [4.69, 9.17) is 0 Å². The molecule has 0 atom stereocenters. The smallest absolute Gasteiger partial charge is 0.205 e. The summed E-state index contributed by atoms with van der Waals surface area (Å²) >= 11 is 1.48. The number of ketones is 1. The molecular formula is C9H14N2OS. The molecule has 0 aromatic carbocycles. The van der Waals surface area contributed by atoms with Crippen LogP contribution < -0.4 is 0 Å². The second-order valence-corrected chi connectivity index (χ2v) is 4.52. The van der Waals surface area contributed by atoms with Gasteiger partial charge in [0.25, 0.3) is 0 Å². The monoisotopic (exact) mass is 198 g/mol. The zero-order valence-corrected chi connectivity index (χ0v) is 9.23. The second-order valence-electron chi connectivity index (χ2n) is 3.32. The van der Waals surface area contributed by atoms with Crippen molar-refractivity contribution in [2.45, 2.75) is 13.8 Å². The molecule has 13 heavy (non-hydrogen) atoms. The number of carbonyl (C=O) groups is 1.